The molecule has 2 aromatic rings. The molecule has 0 atom stereocenters. The summed E-state index contributed by atoms with van der Waals surface area (Å²) in [6.45, 7) is 7.85. The molecule has 3 rings (SSSR count). The zero-order chi connectivity index (χ0) is 20.6. The second-order valence-corrected chi connectivity index (χ2v) is 7.76. The monoisotopic (exact) mass is 398 g/mol. The molecular formula is C22H34N6O. The largest absolute Gasteiger partial charge is 0.494 e. The van der Waals surface area contributed by atoms with Gasteiger partial charge in [0, 0.05) is 18.7 Å². The van der Waals surface area contributed by atoms with Crippen LogP contribution in [0.2, 0.25) is 0 Å². The van der Waals surface area contributed by atoms with Crippen molar-refractivity contribution in [2.45, 2.75) is 72.0 Å². The molecule has 0 aliphatic heterocycles. The number of rotatable bonds is 7. The van der Waals surface area contributed by atoms with Crippen molar-refractivity contribution < 1.29 is 4.74 Å². The van der Waals surface area contributed by atoms with E-state index in [0.29, 0.717) is 25.7 Å². The fraction of sp³-hybridized carbons (Fsp3) is 0.591. The Kier molecular flexibility index (Phi) is 7.49. The minimum absolute atomic E-state index is 0.473. The molecule has 29 heavy (non-hydrogen) atoms. The smallest absolute Gasteiger partial charge is 0.192 e. The van der Waals surface area contributed by atoms with Crippen molar-refractivity contribution in [1.82, 2.24) is 25.4 Å². The number of aliphatic imine (C=N–C) groups is 1. The van der Waals surface area contributed by atoms with Gasteiger partial charge in [0.15, 0.2) is 11.8 Å². The van der Waals surface area contributed by atoms with Gasteiger partial charge in [-0.05, 0) is 45.2 Å². The Labute approximate surface area is 174 Å². The minimum atomic E-state index is 0.473. The summed E-state index contributed by atoms with van der Waals surface area (Å²) in [7, 11) is 1.98. The summed E-state index contributed by atoms with van der Waals surface area (Å²) in [5.41, 5.74) is 2.29. The third-order valence-corrected chi connectivity index (χ3v) is 5.47. The molecule has 1 aliphatic carbocycles. The average molecular weight is 399 g/mol. The Bertz CT molecular complexity index is 823. The molecule has 1 aromatic carbocycles. The molecule has 7 heteroatoms. The molecule has 1 aliphatic rings. The summed E-state index contributed by atoms with van der Waals surface area (Å²) in [6, 6.07) is 6.77. The average Bonchev–Trinajstić information content (AvgIpc) is 3.04. The maximum atomic E-state index is 5.82. The Morgan fingerprint density at radius 3 is 2.69 bits per heavy atom. The van der Waals surface area contributed by atoms with E-state index in [4.69, 9.17) is 9.73 Å². The summed E-state index contributed by atoms with van der Waals surface area (Å²) in [5, 5.41) is 15.5. The van der Waals surface area contributed by atoms with Crippen LogP contribution in [0.3, 0.4) is 0 Å². The first-order valence-corrected chi connectivity index (χ1v) is 10.7. The molecule has 1 fully saturated rings. The van der Waals surface area contributed by atoms with Gasteiger partial charge in [0.1, 0.15) is 11.6 Å². The first kappa shape index (κ1) is 21.1. The number of ether oxygens (including phenoxy) is 1. The summed E-state index contributed by atoms with van der Waals surface area (Å²) < 4.78 is 7.81. The number of hydrogen-bond donors (Lipinski definition) is 2. The van der Waals surface area contributed by atoms with E-state index in [-0.39, 0.29) is 0 Å². The summed E-state index contributed by atoms with van der Waals surface area (Å²) in [5.74, 6) is 3.53. The van der Waals surface area contributed by atoms with Crippen molar-refractivity contribution in [2.24, 2.45) is 12.0 Å². The van der Waals surface area contributed by atoms with Gasteiger partial charge >= 0.3 is 0 Å². The zero-order valence-corrected chi connectivity index (χ0v) is 18.2. The fourth-order valence-electron chi connectivity index (χ4n) is 3.61. The van der Waals surface area contributed by atoms with Crippen molar-refractivity contribution in [1.29, 1.82) is 0 Å². The van der Waals surface area contributed by atoms with Crippen molar-refractivity contribution in [3.8, 4) is 5.75 Å². The Hall–Kier alpha value is -2.57. The van der Waals surface area contributed by atoms with E-state index in [9.17, 15) is 0 Å². The lowest BCUT2D eigenvalue weighted by Crippen LogP contribution is -2.44. The van der Waals surface area contributed by atoms with Crippen molar-refractivity contribution in [3.63, 3.8) is 0 Å². The second kappa shape index (κ2) is 10.3. The molecule has 1 saturated carbocycles. The highest BCUT2D eigenvalue weighted by molar-refractivity contribution is 5.80. The summed E-state index contributed by atoms with van der Waals surface area (Å²) in [6.07, 6.45) is 6.27. The highest BCUT2D eigenvalue weighted by atomic mass is 16.5. The van der Waals surface area contributed by atoms with E-state index in [1.807, 2.05) is 25.5 Å². The van der Waals surface area contributed by atoms with Crippen LogP contribution in [0, 0.1) is 13.8 Å². The van der Waals surface area contributed by atoms with E-state index >= 15 is 0 Å². The van der Waals surface area contributed by atoms with Crippen LogP contribution >= 0.6 is 0 Å². The maximum Gasteiger partial charge on any atom is 0.192 e. The van der Waals surface area contributed by atoms with Gasteiger partial charge in [-0.25, -0.2) is 4.99 Å². The molecule has 1 aromatic heterocycles. The fourth-order valence-corrected chi connectivity index (χ4v) is 3.61. The highest BCUT2D eigenvalue weighted by Crippen LogP contribution is 2.21. The third-order valence-electron chi connectivity index (χ3n) is 5.47. The first-order valence-electron chi connectivity index (χ1n) is 10.7. The quantitative estimate of drug-likeness (QED) is 0.552. The predicted octanol–water partition coefficient (Wildman–Crippen LogP) is 3.40. The van der Waals surface area contributed by atoms with Gasteiger partial charge in [-0.2, -0.15) is 0 Å². The van der Waals surface area contributed by atoms with Gasteiger partial charge in [0.2, 0.25) is 0 Å². The summed E-state index contributed by atoms with van der Waals surface area (Å²) >= 11 is 0. The predicted molar refractivity (Wildman–Crippen MR) is 116 cm³/mol. The molecule has 1 heterocycles. The van der Waals surface area contributed by atoms with Gasteiger partial charge in [0.25, 0.3) is 0 Å². The minimum Gasteiger partial charge on any atom is -0.494 e. The molecule has 158 valence electrons. The van der Waals surface area contributed by atoms with Crippen molar-refractivity contribution in [2.75, 3.05) is 6.61 Å². The van der Waals surface area contributed by atoms with Gasteiger partial charge < -0.3 is 19.9 Å². The maximum absolute atomic E-state index is 5.82. The Morgan fingerprint density at radius 2 is 2.00 bits per heavy atom. The molecule has 0 unspecified atom stereocenters. The lowest BCUT2D eigenvalue weighted by molar-refractivity contribution is 0.336. The lowest BCUT2D eigenvalue weighted by Gasteiger charge is -2.25. The molecule has 0 amide bonds. The van der Waals surface area contributed by atoms with E-state index in [2.05, 4.69) is 46.0 Å². The number of nitrogens with one attached hydrogen (secondary N) is 2. The number of benzene rings is 1. The Balaban J connectivity index is 1.73. The van der Waals surface area contributed by atoms with E-state index in [0.717, 1.165) is 28.9 Å². The molecule has 2 N–H and O–H groups in total. The van der Waals surface area contributed by atoms with E-state index in [1.165, 1.54) is 37.7 Å². The van der Waals surface area contributed by atoms with Gasteiger partial charge in [-0.15, -0.1) is 10.2 Å². The van der Waals surface area contributed by atoms with Crippen LogP contribution in [0.15, 0.2) is 23.2 Å². The third kappa shape index (κ3) is 5.95. The van der Waals surface area contributed by atoms with Gasteiger partial charge in [-0.1, -0.05) is 31.4 Å². The Morgan fingerprint density at radius 1 is 1.21 bits per heavy atom. The number of aromatic nitrogens is 3. The normalized spacial score (nSPS) is 15.4. The van der Waals surface area contributed by atoms with Crippen molar-refractivity contribution in [3.05, 3.63) is 41.0 Å². The molecule has 0 saturated heterocycles. The molecular weight excluding hydrogens is 364 g/mol. The van der Waals surface area contributed by atoms with Crippen LogP contribution < -0.4 is 15.4 Å². The topological polar surface area (TPSA) is 76.4 Å². The van der Waals surface area contributed by atoms with Crippen molar-refractivity contribution >= 4 is 5.96 Å². The van der Waals surface area contributed by atoms with Crippen LogP contribution in [0.1, 0.15) is 61.8 Å². The first-order chi connectivity index (χ1) is 14.1. The van der Waals surface area contributed by atoms with Crippen LogP contribution in [-0.2, 0) is 20.1 Å². The molecule has 0 radical (unpaired) electrons. The molecule has 7 nitrogen and oxygen atoms in total. The van der Waals surface area contributed by atoms with E-state index in [1.54, 1.807) is 0 Å². The highest BCUT2D eigenvalue weighted by Gasteiger charge is 2.15. The lowest BCUT2D eigenvalue weighted by atomic mass is 9.96. The van der Waals surface area contributed by atoms with Crippen LogP contribution in [0.25, 0.3) is 0 Å². The van der Waals surface area contributed by atoms with Gasteiger partial charge in [0.05, 0.1) is 19.7 Å². The SMILES string of the molecule is CCOc1cc(C)ccc1CN=C(NCc1nnc(C)n1C)NC1CCCCC1. The molecule has 0 spiro atoms. The standard InChI is InChI=1S/C22H34N6O/c1-5-29-20-13-16(2)11-12-18(20)14-23-22(25-19-9-7-6-8-10-19)24-15-21-27-26-17(3)28(21)4/h11-13,19H,5-10,14-15H2,1-4H3,(H2,23,24,25). The zero-order valence-electron chi connectivity index (χ0n) is 18.2. The number of nitrogens with zero attached hydrogens (tertiary/aromatic N) is 4. The van der Waals surface area contributed by atoms with Crippen LogP contribution in [0.4, 0.5) is 0 Å². The number of aryl methyl sites for hydroxylation is 2. The van der Waals surface area contributed by atoms with Crippen LogP contribution in [0.5, 0.6) is 5.75 Å². The van der Waals surface area contributed by atoms with Crippen LogP contribution in [-0.4, -0.2) is 33.4 Å². The summed E-state index contributed by atoms with van der Waals surface area (Å²) in [4.78, 5) is 4.87. The molecule has 0 bridgehead atoms. The van der Waals surface area contributed by atoms with E-state index < -0.39 is 0 Å². The number of hydrogen-bond acceptors (Lipinski definition) is 4. The second-order valence-electron chi connectivity index (χ2n) is 7.76. The number of guanidine groups is 1. The van der Waals surface area contributed by atoms with Gasteiger partial charge in [-0.3, -0.25) is 0 Å².